The molecule has 1 aromatic carbocycles. The Morgan fingerprint density at radius 2 is 1.85 bits per heavy atom. The molecule has 0 bridgehead atoms. The van der Waals surface area contributed by atoms with Gasteiger partial charge in [0.25, 0.3) is 0 Å². The zero-order chi connectivity index (χ0) is 8.84. The number of hydrogen-bond donors (Lipinski definition) is 1. The lowest BCUT2D eigenvalue weighted by Gasteiger charge is -2.08. The van der Waals surface area contributed by atoms with E-state index < -0.39 is 0 Å². The molecule has 3 rings (SSSR count). The molecule has 1 aromatic rings. The molecule has 0 unspecified atom stereocenters. The monoisotopic (exact) mass is 172 g/mol. The predicted molar refractivity (Wildman–Crippen MR) is 52.7 cm³/mol. The topological polar surface area (TPSA) is 20.2 Å². The van der Waals surface area contributed by atoms with Gasteiger partial charge in [-0.2, -0.15) is 0 Å². The van der Waals surface area contributed by atoms with Crippen LogP contribution >= 0.6 is 0 Å². The van der Waals surface area contributed by atoms with E-state index in [0.29, 0.717) is 5.76 Å². The normalized spacial score (nSPS) is 19.1. The molecule has 1 heteroatoms. The average molecular weight is 172 g/mol. The lowest BCUT2D eigenvalue weighted by Crippen LogP contribution is -2.32. The molecule has 0 radical (unpaired) electrons. The lowest BCUT2D eigenvalue weighted by atomic mass is 10.00. The first-order valence-corrected chi connectivity index (χ1v) is 4.88. The summed E-state index contributed by atoms with van der Waals surface area (Å²) in [5.41, 5.74) is 2.99. The van der Waals surface area contributed by atoms with Gasteiger partial charge in [-0.15, -0.1) is 0 Å². The van der Waals surface area contributed by atoms with E-state index in [1.54, 1.807) is 5.57 Å². The van der Waals surface area contributed by atoms with E-state index in [1.807, 2.05) is 6.07 Å². The first-order valence-electron chi connectivity index (χ1n) is 4.88. The first-order chi connectivity index (χ1) is 6.36. The van der Waals surface area contributed by atoms with Gasteiger partial charge in [0, 0.05) is 11.6 Å². The zero-order valence-electron chi connectivity index (χ0n) is 7.51. The van der Waals surface area contributed by atoms with E-state index in [-0.39, 0.29) is 0 Å². The fraction of sp³-hybridized carbons (Fsp3) is 0.333. The smallest absolute Gasteiger partial charge is 0.100 e. The summed E-state index contributed by atoms with van der Waals surface area (Å²) in [4.78, 5) is 0. The Labute approximate surface area is 77.0 Å². The third-order valence-corrected chi connectivity index (χ3v) is 3.17. The second-order valence-corrected chi connectivity index (χ2v) is 3.89. The van der Waals surface area contributed by atoms with Crippen LogP contribution in [-0.2, 0) is 6.42 Å². The minimum Gasteiger partial charge on any atom is -0.512 e. The molecule has 0 fully saturated rings. The largest absolute Gasteiger partial charge is 0.512 e. The molecule has 0 aliphatic heterocycles. The summed E-state index contributed by atoms with van der Waals surface area (Å²) in [6.45, 7) is 0. The molecule has 0 spiro atoms. The van der Waals surface area contributed by atoms with Crippen LogP contribution in [0.15, 0.2) is 18.2 Å². The quantitative estimate of drug-likeness (QED) is 0.624. The summed E-state index contributed by atoms with van der Waals surface area (Å²) in [6, 6.07) is 6.28. The van der Waals surface area contributed by atoms with Crippen molar-refractivity contribution in [1.82, 2.24) is 0 Å². The van der Waals surface area contributed by atoms with Crippen LogP contribution in [0, 0.1) is 0 Å². The highest BCUT2D eigenvalue weighted by Gasteiger charge is 2.17. The summed E-state index contributed by atoms with van der Waals surface area (Å²) in [5, 5.41) is 12.2. The third kappa shape index (κ3) is 0.873. The fourth-order valence-electron chi connectivity index (χ4n) is 2.53. The number of rotatable bonds is 0. The van der Waals surface area contributed by atoms with Gasteiger partial charge in [-0.05, 0) is 30.0 Å². The van der Waals surface area contributed by atoms with Crippen LogP contribution in [0.3, 0.4) is 0 Å². The highest BCUT2D eigenvalue weighted by atomic mass is 16.3. The van der Waals surface area contributed by atoms with E-state index in [4.69, 9.17) is 0 Å². The third-order valence-electron chi connectivity index (χ3n) is 3.17. The van der Waals surface area contributed by atoms with Gasteiger partial charge in [0.1, 0.15) is 5.76 Å². The van der Waals surface area contributed by atoms with Crippen LogP contribution in [0.1, 0.15) is 24.8 Å². The lowest BCUT2D eigenvalue weighted by molar-refractivity contribution is 0.476. The van der Waals surface area contributed by atoms with Gasteiger partial charge in [-0.25, -0.2) is 0 Å². The second-order valence-electron chi connectivity index (χ2n) is 3.89. The van der Waals surface area contributed by atoms with Crippen molar-refractivity contribution in [2.75, 3.05) is 0 Å². The van der Waals surface area contributed by atoms with Crippen molar-refractivity contribution in [3.05, 3.63) is 34.2 Å². The standard InChI is InChI=1S/C12H12O/c13-11-7-6-9-5-4-8-2-1-3-10(11)12(8)9/h1-3,13H,4-7H2. The van der Waals surface area contributed by atoms with E-state index in [0.717, 1.165) is 18.1 Å². The fourth-order valence-corrected chi connectivity index (χ4v) is 2.53. The minimum atomic E-state index is 0.586. The number of hydrogen-bond acceptors (Lipinski definition) is 1. The van der Waals surface area contributed by atoms with Crippen LogP contribution in [0.4, 0.5) is 0 Å². The van der Waals surface area contributed by atoms with Crippen LogP contribution in [0.2, 0.25) is 0 Å². The predicted octanol–water partition coefficient (Wildman–Crippen LogP) is 1.24. The van der Waals surface area contributed by atoms with E-state index in [2.05, 4.69) is 12.1 Å². The van der Waals surface area contributed by atoms with Gasteiger partial charge < -0.3 is 5.11 Å². The number of aliphatic hydroxyl groups excluding tert-OH is 1. The van der Waals surface area contributed by atoms with Gasteiger partial charge >= 0.3 is 0 Å². The summed E-state index contributed by atoms with van der Waals surface area (Å²) >= 11 is 0. The molecule has 0 amide bonds. The van der Waals surface area contributed by atoms with Crippen molar-refractivity contribution in [3.63, 3.8) is 0 Å². The Hall–Kier alpha value is -1.24. The maximum absolute atomic E-state index is 9.73. The number of aliphatic hydroxyl groups is 1. The highest BCUT2D eigenvalue weighted by Crippen LogP contribution is 2.22. The summed E-state index contributed by atoms with van der Waals surface area (Å²) < 4.78 is 0. The Morgan fingerprint density at radius 3 is 2.77 bits per heavy atom. The molecule has 0 saturated carbocycles. The summed E-state index contributed by atoms with van der Waals surface area (Å²) in [7, 11) is 0. The molecule has 0 aromatic heterocycles. The molecule has 13 heavy (non-hydrogen) atoms. The average Bonchev–Trinajstić information content (AvgIpc) is 2.57. The molecule has 0 saturated heterocycles. The van der Waals surface area contributed by atoms with Crippen LogP contribution in [-0.4, -0.2) is 5.11 Å². The highest BCUT2D eigenvalue weighted by molar-refractivity contribution is 5.59. The molecule has 2 aliphatic rings. The van der Waals surface area contributed by atoms with E-state index in [1.165, 1.54) is 23.6 Å². The van der Waals surface area contributed by atoms with Crippen molar-refractivity contribution < 1.29 is 5.11 Å². The maximum atomic E-state index is 9.73. The molecule has 0 atom stereocenters. The molecule has 1 nitrogen and oxygen atoms in total. The first kappa shape index (κ1) is 7.19. The summed E-state index contributed by atoms with van der Waals surface area (Å²) in [6.07, 6.45) is 4.28. The Bertz CT molecular complexity index is 482. The van der Waals surface area contributed by atoms with Crippen LogP contribution in [0.5, 0.6) is 0 Å². The maximum Gasteiger partial charge on any atom is 0.100 e. The second kappa shape index (κ2) is 2.38. The van der Waals surface area contributed by atoms with Gasteiger partial charge in [-0.1, -0.05) is 23.8 Å². The molecule has 0 heterocycles. The minimum absolute atomic E-state index is 0.586. The SMILES string of the molecule is OC1=c2cccc3c2=C(CC1)CC3. The molecule has 2 aliphatic carbocycles. The van der Waals surface area contributed by atoms with Gasteiger partial charge in [0.05, 0.1) is 0 Å². The molecule has 1 N–H and O–H groups in total. The molecular weight excluding hydrogens is 160 g/mol. The van der Waals surface area contributed by atoms with Crippen molar-refractivity contribution in [3.8, 4) is 0 Å². The Kier molecular flexibility index (Phi) is 1.32. The van der Waals surface area contributed by atoms with Crippen LogP contribution < -0.4 is 10.4 Å². The van der Waals surface area contributed by atoms with Crippen molar-refractivity contribution >= 4 is 11.3 Å². The van der Waals surface area contributed by atoms with E-state index in [9.17, 15) is 5.11 Å². The van der Waals surface area contributed by atoms with Crippen LogP contribution in [0.25, 0.3) is 11.3 Å². The molecular formula is C12H12O. The summed E-state index contributed by atoms with van der Waals surface area (Å²) in [5.74, 6) is 0.586. The molecule has 66 valence electrons. The van der Waals surface area contributed by atoms with Crippen molar-refractivity contribution in [1.29, 1.82) is 0 Å². The van der Waals surface area contributed by atoms with Crippen molar-refractivity contribution in [2.45, 2.75) is 25.7 Å². The Balaban J connectivity index is 2.57. The number of benzene rings is 1. The van der Waals surface area contributed by atoms with Crippen molar-refractivity contribution in [2.24, 2.45) is 0 Å². The van der Waals surface area contributed by atoms with Gasteiger partial charge in [0.15, 0.2) is 0 Å². The number of aryl methyl sites for hydroxylation is 1. The Morgan fingerprint density at radius 1 is 1.00 bits per heavy atom. The van der Waals surface area contributed by atoms with E-state index >= 15 is 0 Å². The van der Waals surface area contributed by atoms with Gasteiger partial charge in [-0.3, -0.25) is 0 Å². The van der Waals surface area contributed by atoms with Gasteiger partial charge in [0.2, 0.25) is 0 Å². The zero-order valence-corrected chi connectivity index (χ0v) is 7.51.